The molecule has 116 valence electrons. The lowest BCUT2D eigenvalue weighted by atomic mass is 10.1. The van der Waals surface area contributed by atoms with Crippen molar-refractivity contribution in [1.29, 1.82) is 0 Å². The maximum atomic E-state index is 12.2. The minimum absolute atomic E-state index is 0.164. The Morgan fingerprint density at radius 3 is 1.95 bits per heavy atom. The summed E-state index contributed by atoms with van der Waals surface area (Å²) in [7, 11) is -5.12. The van der Waals surface area contributed by atoms with Gasteiger partial charge in [0.2, 0.25) is 0 Å². The highest BCUT2D eigenvalue weighted by molar-refractivity contribution is 7.53. The van der Waals surface area contributed by atoms with Crippen molar-refractivity contribution in [2.75, 3.05) is 13.2 Å². The maximum Gasteiger partial charge on any atom is 0.408 e. The molecule has 10 heteroatoms. The van der Waals surface area contributed by atoms with Crippen LogP contribution < -0.4 is 5.32 Å². The molecule has 1 aliphatic rings. The Balaban J connectivity index is 3.41. The van der Waals surface area contributed by atoms with Crippen molar-refractivity contribution < 1.29 is 33.4 Å². The first-order chi connectivity index (χ1) is 9.03. The van der Waals surface area contributed by atoms with Crippen LogP contribution in [0.15, 0.2) is 0 Å². The molecule has 0 aliphatic carbocycles. The van der Waals surface area contributed by atoms with Crippen LogP contribution in [0.2, 0.25) is 0 Å². The van der Waals surface area contributed by atoms with Gasteiger partial charge in [-0.3, -0.25) is 9.36 Å². The second-order valence-corrected chi connectivity index (χ2v) is 6.31. The molecule has 0 aromatic rings. The smallest absolute Gasteiger partial charge is 0.323 e. The van der Waals surface area contributed by atoms with Gasteiger partial charge < -0.3 is 24.6 Å². The number of urea groups is 1. The van der Waals surface area contributed by atoms with E-state index in [1.54, 1.807) is 0 Å². The van der Waals surface area contributed by atoms with Crippen LogP contribution in [0.1, 0.15) is 27.7 Å². The molecule has 0 saturated carbocycles. The highest BCUT2D eigenvalue weighted by Gasteiger charge is 2.64. The normalized spacial score (nSPS) is 19.4. The van der Waals surface area contributed by atoms with Crippen molar-refractivity contribution in [1.82, 2.24) is 10.2 Å². The van der Waals surface area contributed by atoms with E-state index < -0.39 is 30.7 Å². The minimum Gasteiger partial charge on any atom is -0.323 e. The Morgan fingerprint density at radius 1 is 1.25 bits per heavy atom. The fourth-order valence-corrected chi connectivity index (χ4v) is 2.89. The van der Waals surface area contributed by atoms with Gasteiger partial charge in [0.15, 0.2) is 0 Å². The van der Waals surface area contributed by atoms with Gasteiger partial charge in [-0.05, 0) is 27.7 Å². The molecule has 1 aliphatic heterocycles. The Morgan fingerprint density at radius 2 is 1.70 bits per heavy atom. The lowest BCUT2D eigenvalue weighted by Gasteiger charge is -2.38. The van der Waals surface area contributed by atoms with E-state index in [-0.39, 0.29) is 13.2 Å². The van der Waals surface area contributed by atoms with Crippen LogP contribution in [-0.4, -0.2) is 51.0 Å². The van der Waals surface area contributed by atoms with Crippen LogP contribution in [0, 0.1) is 0 Å². The zero-order valence-electron chi connectivity index (χ0n) is 11.7. The summed E-state index contributed by atoms with van der Waals surface area (Å²) in [5, 5.41) is 2.32. The highest BCUT2D eigenvalue weighted by Crippen LogP contribution is 2.55. The molecule has 0 atom stereocenters. The largest absolute Gasteiger partial charge is 0.408 e. The van der Waals surface area contributed by atoms with Crippen molar-refractivity contribution in [3.05, 3.63) is 0 Å². The summed E-state index contributed by atoms with van der Waals surface area (Å²) in [4.78, 5) is 43.6. The number of hydrogen-bond donors (Lipinski definition) is 3. The summed E-state index contributed by atoms with van der Waals surface area (Å²) < 4.78 is 21.8. The Labute approximate surface area is 116 Å². The number of rotatable bonds is 6. The first kappa shape index (κ1) is 17.1. The van der Waals surface area contributed by atoms with Crippen LogP contribution >= 0.6 is 7.60 Å². The summed E-state index contributed by atoms with van der Waals surface area (Å²) in [6.45, 7) is 5.43. The van der Waals surface area contributed by atoms with Crippen molar-refractivity contribution >= 4 is 19.5 Å². The van der Waals surface area contributed by atoms with Crippen LogP contribution in [0.25, 0.3) is 0 Å². The van der Waals surface area contributed by atoms with Crippen molar-refractivity contribution in [2.24, 2.45) is 0 Å². The monoisotopic (exact) mass is 310 g/mol. The lowest BCUT2D eigenvalue weighted by Crippen LogP contribution is -2.56. The molecule has 0 radical (unpaired) electrons. The van der Waals surface area contributed by atoms with Gasteiger partial charge in [-0.25, -0.2) is 4.79 Å². The third-order valence-electron chi connectivity index (χ3n) is 2.68. The SMILES string of the molecule is CCOC(OCC)(N1C(=O)NC(C)(C)C1=O)P(=O)(O)O. The van der Waals surface area contributed by atoms with Crippen LogP contribution in [0.3, 0.4) is 0 Å². The van der Waals surface area contributed by atoms with Gasteiger partial charge in [-0.2, -0.15) is 4.90 Å². The molecule has 1 fully saturated rings. The molecule has 20 heavy (non-hydrogen) atoms. The molecule has 0 spiro atoms. The number of carbonyl (C=O) groups is 2. The first-order valence-corrected chi connectivity index (χ1v) is 7.65. The summed E-state index contributed by atoms with van der Waals surface area (Å²) in [6, 6.07) is -0.981. The molecule has 1 heterocycles. The fraction of sp³-hybridized carbons (Fsp3) is 0.800. The van der Waals surface area contributed by atoms with E-state index in [2.05, 4.69) is 5.32 Å². The van der Waals surface area contributed by atoms with Crippen LogP contribution in [0.5, 0.6) is 0 Å². The summed E-state index contributed by atoms with van der Waals surface area (Å²) >= 11 is 0. The van der Waals surface area contributed by atoms with Gasteiger partial charge >= 0.3 is 19.3 Å². The fourth-order valence-electron chi connectivity index (χ4n) is 1.85. The zero-order valence-corrected chi connectivity index (χ0v) is 12.6. The maximum absolute atomic E-state index is 12.2. The van der Waals surface area contributed by atoms with Gasteiger partial charge in [0.1, 0.15) is 5.54 Å². The zero-order chi connectivity index (χ0) is 15.8. The number of carbonyl (C=O) groups excluding carboxylic acids is 2. The predicted molar refractivity (Wildman–Crippen MR) is 67.5 cm³/mol. The van der Waals surface area contributed by atoms with E-state index in [4.69, 9.17) is 9.47 Å². The number of nitrogens with zero attached hydrogens (tertiary/aromatic N) is 1. The Hall–Kier alpha value is -0.990. The molecular weight excluding hydrogens is 291 g/mol. The van der Waals surface area contributed by atoms with E-state index in [0.717, 1.165) is 0 Å². The molecule has 3 amide bonds. The summed E-state index contributed by atoms with van der Waals surface area (Å²) in [5.41, 5.74) is -4.04. The standard InChI is InChI=1S/C10H19N2O7P/c1-5-18-10(19-6-2,20(15,16)17)12-7(13)9(3,4)11-8(12)14/h5-6H2,1-4H3,(H,11,14)(H2,15,16,17). The summed E-state index contributed by atoms with van der Waals surface area (Å²) in [6.07, 6.45) is 0. The average molecular weight is 310 g/mol. The molecular formula is C10H19N2O7P. The topological polar surface area (TPSA) is 125 Å². The second-order valence-electron chi connectivity index (χ2n) is 4.65. The van der Waals surface area contributed by atoms with E-state index >= 15 is 0 Å². The van der Waals surface area contributed by atoms with Gasteiger partial charge in [-0.15, -0.1) is 0 Å². The third kappa shape index (κ3) is 2.59. The number of nitrogens with one attached hydrogen (secondary N) is 1. The predicted octanol–water partition coefficient (Wildman–Crippen LogP) is 0.179. The number of ether oxygens (including phenoxy) is 2. The van der Waals surface area contributed by atoms with E-state index in [1.807, 2.05) is 0 Å². The van der Waals surface area contributed by atoms with Crippen LogP contribution in [-0.2, 0) is 18.8 Å². The minimum atomic E-state index is -5.12. The molecule has 0 bridgehead atoms. The number of amides is 3. The van der Waals surface area contributed by atoms with Crippen molar-refractivity contribution in [3.63, 3.8) is 0 Å². The van der Waals surface area contributed by atoms with E-state index in [1.165, 1.54) is 27.7 Å². The van der Waals surface area contributed by atoms with Crippen molar-refractivity contribution in [3.8, 4) is 0 Å². The Kier molecular flexibility index (Phi) is 4.62. The quantitative estimate of drug-likeness (QED) is 0.363. The van der Waals surface area contributed by atoms with Gasteiger partial charge in [0, 0.05) is 13.2 Å². The van der Waals surface area contributed by atoms with Gasteiger partial charge in [-0.1, -0.05) is 0 Å². The van der Waals surface area contributed by atoms with Gasteiger partial charge in [0.05, 0.1) is 0 Å². The van der Waals surface area contributed by atoms with Gasteiger partial charge in [0.25, 0.3) is 5.91 Å². The molecule has 1 saturated heterocycles. The highest BCUT2D eigenvalue weighted by atomic mass is 31.2. The first-order valence-electron chi connectivity index (χ1n) is 6.04. The molecule has 3 N–H and O–H groups in total. The summed E-state index contributed by atoms with van der Waals surface area (Å²) in [5.74, 6) is -0.840. The third-order valence-corrected chi connectivity index (χ3v) is 3.87. The number of hydrogen-bond acceptors (Lipinski definition) is 5. The van der Waals surface area contributed by atoms with Crippen molar-refractivity contribution in [2.45, 2.75) is 38.9 Å². The molecule has 0 unspecified atom stereocenters. The Bertz CT molecular complexity index is 453. The molecule has 0 aromatic heterocycles. The lowest BCUT2D eigenvalue weighted by molar-refractivity contribution is -0.245. The van der Waals surface area contributed by atoms with Crippen LogP contribution in [0.4, 0.5) is 4.79 Å². The van der Waals surface area contributed by atoms with E-state index in [0.29, 0.717) is 4.90 Å². The van der Waals surface area contributed by atoms with E-state index in [9.17, 15) is 23.9 Å². The molecule has 1 rings (SSSR count). The second kappa shape index (κ2) is 5.42. The molecule has 0 aromatic carbocycles. The molecule has 9 nitrogen and oxygen atoms in total. The average Bonchev–Trinajstić information content (AvgIpc) is 2.46. The number of imide groups is 1.